The summed E-state index contributed by atoms with van der Waals surface area (Å²) in [6, 6.07) is 6.48. The van der Waals surface area contributed by atoms with Crippen molar-refractivity contribution in [2.75, 3.05) is 23.0 Å². The van der Waals surface area contributed by atoms with E-state index >= 15 is 0 Å². The van der Waals surface area contributed by atoms with Crippen molar-refractivity contribution < 1.29 is 18.3 Å². The lowest BCUT2D eigenvalue weighted by Gasteiger charge is -2.35. The molecule has 98 valence electrons. The zero-order chi connectivity index (χ0) is 13.3. The Morgan fingerprint density at radius 1 is 1.39 bits per heavy atom. The minimum atomic E-state index is -3.00. The third-order valence-electron chi connectivity index (χ3n) is 3.11. The summed E-state index contributed by atoms with van der Waals surface area (Å²) in [6.45, 7) is 2.14. The summed E-state index contributed by atoms with van der Waals surface area (Å²) in [5, 5.41) is 9.14. The van der Waals surface area contributed by atoms with Gasteiger partial charge in [-0.15, -0.1) is 0 Å². The van der Waals surface area contributed by atoms with Crippen molar-refractivity contribution >= 4 is 21.5 Å². The number of benzene rings is 1. The van der Waals surface area contributed by atoms with Crippen molar-refractivity contribution in [1.29, 1.82) is 0 Å². The van der Waals surface area contributed by atoms with Crippen molar-refractivity contribution in [3.05, 3.63) is 29.8 Å². The van der Waals surface area contributed by atoms with E-state index in [0.29, 0.717) is 12.2 Å². The summed E-state index contributed by atoms with van der Waals surface area (Å²) >= 11 is 0. The number of hydrogen-bond acceptors (Lipinski definition) is 4. The van der Waals surface area contributed by atoms with Gasteiger partial charge in [0, 0.05) is 12.6 Å². The molecule has 1 heterocycles. The molecule has 0 bridgehead atoms. The number of hydrogen-bond donors (Lipinski definition) is 1. The van der Waals surface area contributed by atoms with Crippen molar-refractivity contribution in [3.63, 3.8) is 0 Å². The fourth-order valence-corrected chi connectivity index (χ4v) is 3.82. The maximum absolute atomic E-state index is 11.5. The molecule has 1 aliphatic rings. The Kier molecular flexibility index (Phi) is 3.30. The Hall–Kier alpha value is -1.56. The van der Waals surface area contributed by atoms with Crippen LogP contribution in [0, 0.1) is 0 Å². The van der Waals surface area contributed by atoms with Gasteiger partial charge in [-0.3, -0.25) is 0 Å². The van der Waals surface area contributed by atoms with Crippen molar-refractivity contribution in [2.45, 2.75) is 13.0 Å². The lowest BCUT2D eigenvalue weighted by Crippen LogP contribution is -2.47. The molecule has 1 aliphatic heterocycles. The number of para-hydroxylation sites is 1. The van der Waals surface area contributed by atoms with Gasteiger partial charge >= 0.3 is 5.97 Å². The van der Waals surface area contributed by atoms with E-state index in [0.717, 1.165) is 0 Å². The van der Waals surface area contributed by atoms with Crippen LogP contribution in [0.15, 0.2) is 24.3 Å². The topological polar surface area (TPSA) is 74.7 Å². The van der Waals surface area contributed by atoms with E-state index in [1.54, 1.807) is 25.1 Å². The van der Waals surface area contributed by atoms with Crippen LogP contribution in [0.25, 0.3) is 0 Å². The summed E-state index contributed by atoms with van der Waals surface area (Å²) in [5.74, 6) is -0.849. The van der Waals surface area contributed by atoms with E-state index in [1.165, 1.54) is 6.07 Å². The maximum Gasteiger partial charge on any atom is 0.337 e. The second-order valence-electron chi connectivity index (χ2n) is 4.48. The molecule has 1 fully saturated rings. The van der Waals surface area contributed by atoms with E-state index in [-0.39, 0.29) is 23.1 Å². The Balaban J connectivity index is 2.36. The van der Waals surface area contributed by atoms with Crippen LogP contribution in [0.4, 0.5) is 5.69 Å². The average Bonchev–Trinajstić information content (AvgIpc) is 2.28. The molecule has 0 radical (unpaired) electrons. The SMILES string of the molecule is CC1CS(=O)(=O)CCN1c1ccccc1C(=O)O. The summed E-state index contributed by atoms with van der Waals surface area (Å²) in [4.78, 5) is 13.0. The van der Waals surface area contributed by atoms with Gasteiger partial charge in [-0.2, -0.15) is 0 Å². The standard InChI is InChI=1S/C12H15NO4S/c1-9-8-18(16,17)7-6-13(9)11-5-3-2-4-10(11)12(14)15/h2-5,9H,6-8H2,1H3,(H,14,15). The molecule has 1 aromatic rings. The Morgan fingerprint density at radius 2 is 2.06 bits per heavy atom. The number of carboxylic acid groups (broad SMARTS) is 1. The molecule has 2 rings (SSSR count). The Morgan fingerprint density at radius 3 is 2.67 bits per heavy atom. The first-order valence-corrected chi connectivity index (χ1v) is 7.52. The predicted molar refractivity (Wildman–Crippen MR) is 68.9 cm³/mol. The lowest BCUT2D eigenvalue weighted by molar-refractivity contribution is 0.0697. The van der Waals surface area contributed by atoms with Gasteiger partial charge in [0.2, 0.25) is 0 Å². The fourth-order valence-electron chi connectivity index (χ4n) is 2.26. The van der Waals surface area contributed by atoms with Crippen molar-refractivity contribution in [1.82, 2.24) is 0 Å². The number of sulfone groups is 1. The lowest BCUT2D eigenvalue weighted by atomic mass is 10.1. The van der Waals surface area contributed by atoms with E-state index < -0.39 is 15.8 Å². The van der Waals surface area contributed by atoms with Crippen LogP contribution in [0.5, 0.6) is 0 Å². The molecule has 0 aromatic heterocycles. The highest BCUT2D eigenvalue weighted by Gasteiger charge is 2.30. The van der Waals surface area contributed by atoms with Gasteiger partial charge in [-0.05, 0) is 19.1 Å². The van der Waals surface area contributed by atoms with E-state index in [9.17, 15) is 13.2 Å². The molecular formula is C12H15NO4S. The largest absolute Gasteiger partial charge is 0.478 e. The third kappa shape index (κ3) is 2.48. The fraction of sp³-hybridized carbons (Fsp3) is 0.417. The number of carbonyl (C=O) groups is 1. The Labute approximate surface area is 106 Å². The summed E-state index contributed by atoms with van der Waals surface area (Å²) in [6.07, 6.45) is 0. The van der Waals surface area contributed by atoms with Gasteiger partial charge < -0.3 is 10.0 Å². The highest BCUT2D eigenvalue weighted by Crippen LogP contribution is 2.25. The second-order valence-corrected chi connectivity index (χ2v) is 6.71. The normalized spacial score (nSPS) is 22.7. The van der Waals surface area contributed by atoms with E-state index in [2.05, 4.69) is 0 Å². The highest BCUT2D eigenvalue weighted by molar-refractivity contribution is 7.91. The van der Waals surface area contributed by atoms with Crippen LogP contribution >= 0.6 is 0 Å². The number of anilines is 1. The zero-order valence-electron chi connectivity index (χ0n) is 10.0. The average molecular weight is 269 g/mol. The molecule has 0 spiro atoms. The summed E-state index contributed by atoms with van der Waals surface area (Å²) < 4.78 is 23.0. The number of rotatable bonds is 2. The van der Waals surface area contributed by atoms with Crippen LogP contribution in [0.2, 0.25) is 0 Å². The minimum Gasteiger partial charge on any atom is -0.478 e. The zero-order valence-corrected chi connectivity index (χ0v) is 10.9. The molecule has 0 amide bonds. The monoisotopic (exact) mass is 269 g/mol. The molecule has 1 N–H and O–H groups in total. The number of carboxylic acids is 1. The van der Waals surface area contributed by atoms with Gasteiger partial charge in [0.25, 0.3) is 0 Å². The molecule has 0 saturated carbocycles. The minimum absolute atomic E-state index is 0.0704. The molecule has 1 saturated heterocycles. The predicted octanol–water partition coefficient (Wildman–Crippen LogP) is 1.01. The van der Waals surface area contributed by atoms with E-state index in [4.69, 9.17) is 5.11 Å². The number of aromatic carboxylic acids is 1. The molecule has 1 atom stereocenters. The van der Waals surface area contributed by atoms with Gasteiger partial charge in [-0.1, -0.05) is 12.1 Å². The van der Waals surface area contributed by atoms with Gasteiger partial charge in [0.05, 0.1) is 22.8 Å². The summed E-state index contributed by atoms with van der Waals surface area (Å²) in [5.41, 5.74) is 0.802. The van der Waals surface area contributed by atoms with Crippen molar-refractivity contribution in [2.24, 2.45) is 0 Å². The Bertz CT molecular complexity index is 567. The van der Waals surface area contributed by atoms with Crippen molar-refractivity contribution in [3.8, 4) is 0 Å². The smallest absolute Gasteiger partial charge is 0.337 e. The first-order valence-electron chi connectivity index (χ1n) is 5.70. The number of nitrogens with zero attached hydrogens (tertiary/aromatic N) is 1. The molecule has 18 heavy (non-hydrogen) atoms. The molecular weight excluding hydrogens is 254 g/mol. The van der Waals surface area contributed by atoms with Gasteiger partial charge in [0.1, 0.15) is 0 Å². The van der Waals surface area contributed by atoms with E-state index in [1.807, 2.05) is 4.90 Å². The van der Waals surface area contributed by atoms with Crippen LogP contribution < -0.4 is 4.90 Å². The van der Waals surface area contributed by atoms with Crippen LogP contribution in [0.1, 0.15) is 17.3 Å². The second kappa shape index (κ2) is 4.61. The molecule has 5 nitrogen and oxygen atoms in total. The van der Waals surface area contributed by atoms with Crippen LogP contribution in [0.3, 0.4) is 0 Å². The molecule has 6 heteroatoms. The molecule has 1 unspecified atom stereocenters. The molecule has 0 aliphatic carbocycles. The van der Waals surface area contributed by atoms with Crippen LogP contribution in [-0.4, -0.2) is 43.6 Å². The molecule has 1 aromatic carbocycles. The first-order chi connectivity index (χ1) is 8.41. The third-order valence-corrected chi connectivity index (χ3v) is 4.91. The summed E-state index contributed by atoms with van der Waals surface area (Å²) in [7, 11) is -3.00. The van der Waals surface area contributed by atoms with Crippen LogP contribution in [-0.2, 0) is 9.84 Å². The van der Waals surface area contributed by atoms with Gasteiger partial charge in [-0.25, -0.2) is 13.2 Å². The maximum atomic E-state index is 11.5. The highest BCUT2D eigenvalue weighted by atomic mass is 32.2. The van der Waals surface area contributed by atoms with Gasteiger partial charge in [0.15, 0.2) is 9.84 Å². The first kappa shape index (κ1) is 12.9. The quantitative estimate of drug-likeness (QED) is 0.867.